The van der Waals surface area contributed by atoms with Gasteiger partial charge in [-0.05, 0) is 55.8 Å². The predicted octanol–water partition coefficient (Wildman–Crippen LogP) is 4.85. The second-order valence-corrected chi connectivity index (χ2v) is 10.5. The summed E-state index contributed by atoms with van der Waals surface area (Å²) in [5, 5.41) is 15.9. The van der Waals surface area contributed by atoms with Gasteiger partial charge in [0.1, 0.15) is 30.9 Å². The van der Waals surface area contributed by atoms with Gasteiger partial charge in [0.2, 0.25) is 0 Å². The Labute approximate surface area is 252 Å². The summed E-state index contributed by atoms with van der Waals surface area (Å²) < 4.78 is 22.2. The van der Waals surface area contributed by atoms with E-state index in [1.807, 2.05) is 13.8 Å². The van der Waals surface area contributed by atoms with Crippen LogP contribution in [0.5, 0.6) is 11.5 Å². The van der Waals surface area contributed by atoms with E-state index in [1.165, 1.54) is 0 Å². The molecular weight excluding hydrogens is 587 g/mol. The maximum absolute atomic E-state index is 13.0. The Morgan fingerprint density at radius 3 is 2.21 bits per heavy atom. The fourth-order valence-corrected chi connectivity index (χ4v) is 4.66. The van der Waals surface area contributed by atoms with Crippen molar-refractivity contribution in [1.82, 2.24) is 5.32 Å². The van der Waals surface area contributed by atoms with Crippen LogP contribution >= 0.6 is 23.2 Å². The molecule has 1 heterocycles. The zero-order valence-corrected chi connectivity index (χ0v) is 24.4. The van der Waals surface area contributed by atoms with Crippen molar-refractivity contribution in [3.63, 3.8) is 0 Å². The van der Waals surface area contributed by atoms with Gasteiger partial charge in [0.05, 0.1) is 11.8 Å². The van der Waals surface area contributed by atoms with Gasteiger partial charge in [-0.2, -0.15) is 0 Å². The predicted molar refractivity (Wildman–Crippen MR) is 156 cm³/mol. The SMILES string of the molecule is CC(C)Oc1ccccc1NC(=O)[C@@H]1OCO[C@H]1C(=O)NC(Cc1ccc(OCc2c(Cl)cccc2Cl)cc1)C(=O)O. The summed E-state index contributed by atoms with van der Waals surface area (Å²) in [6, 6.07) is 17.5. The lowest BCUT2D eigenvalue weighted by Crippen LogP contribution is -2.51. The number of carbonyl (C=O) groups excluding carboxylic acids is 2. The average Bonchev–Trinajstić information content (AvgIpc) is 3.44. The Balaban J connectivity index is 1.36. The Morgan fingerprint density at radius 1 is 0.929 bits per heavy atom. The van der Waals surface area contributed by atoms with Crippen LogP contribution < -0.4 is 20.1 Å². The molecule has 3 aromatic rings. The molecule has 3 aromatic carbocycles. The highest BCUT2D eigenvalue weighted by molar-refractivity contribution is 6.35. The van der Waals surface area contributed by atoms with Crippen LogP contribution in [0.1, 0.15) is 25.0 Å². The highest BCUT2D eigenvalue weighted by Crippen LogP contribution is 2.27. The van der Waals surface area contributed by atoms with Crippen LogP contribution in [0.3, 0.4) is 0 Å². The molecule has 1 saturated heterocycles. The number of carboxylic acids is 1. The number of ether oxygens (including phenoxy) is 4. The van der Waals surface area contributed by atoms with Crippen molar-refractivity contribution < 1.29 is 38.4 Å². The van der Waals surface area contributed by atoms with Crippen molar-refractivity contribution in [2.24, 2.45) is 0 Å². The lowest BCUT2D eigenvalue weighted by atomic mass is 10.0. The number of amides is 2. The second-order valence-electron chi connectivity index (χ2n) is 9.68. The molecule has 0 bridgehead atoms. The second kappa shape index (κ2) is 14.4. The summed E-state index contributed by atoms with van der Waals surface area (Å²) in [7, 11) is 0. The van der Waals surface area contributed by atoms with Crippen molar-refractivity contribution in [2.45, 2.75) is 51.2 Å². The van der Waals surface area contributed by atoms with Crippen LogP contribution in [0.25, 0.3) is 0 Å². The van der Waals surface area contributed by atoms with E-state index in [4.69, 9.17) is 42.1 Å². The van der Waals surface area contributed by atoms with Crippen molar-refractivity contribution >= 4 is 46.7 Å². The Morgan fingerprint density at radius 2 is 1.57 bits per heavy atom. The molecular formula is C30H30Cl2N2O8. The fraction of sp³-hybridized carbons (Fsp3) is 0.300. The van der Waals surface area contributed by atoms with Crippen LogP contribution in [0.15, 0.2) is 66.7 Å². The molecule has 1 unspecified atom stereocenters. The third-order valence-electron chi connectivity index (χ3n) is 6.22. The topological polar surface area (TPSA) is 132 Å². The van der Waals surface area contributed by atoms with Crippen LogP contribution in [0.2, 0.25) is 10.0 Å². The van der Waals surface area contributed by atoms with Gasteiger partial charge in [0.25, 0.3) is 11.8 Å². The highest BCUT2D eigenvalue weighted by atomic mass is 35.5. The van der Waals surface area contributed by atoms with E-state index >= 15 is 0 Å². The highest BCUT2D eigenvalue weighted by Gasteiger charge is 2.42. The molecule has 12 heteroatoms. The summed E-state index contributed by atoms with van der Waals surface area (Å²) in [6.45, 7) is 3.55. The van der Waals surface area contributed by atoms with E-state index in [2.05, 4.69) is 10.6 Å². The standard InChI is InChI=1S/C30H30Cl2N2O8/c1-17(2)42-25-9-4-3-8-23(25)33-28(35)26-27(41-16-40-26)29(36)34-24(30(37)38)14-18-10-12-19(13-11-18)39-15-20-21(31)6-5-7-22(20)32/h3-13,17,24,26-27H,14-16H2,1-2H3,(H,33,35)(H,34,36)(H,37,38)/t24?,26-,27-/m1/s1. The van der Waals surface area contributed by atoms with Gasteiger partial charge >= 0.3 is 5.97 Å². The number of hydrogen-bond acceptors (Lipinski definition) is 7. The van der Waals surface area contributed by atoms with Crippen molar-refractivity contribution in [2.75, 3.05) is 12.1 Å². The Bertz CT molecular complexity index is 1400. The van der Waals surface area contributed by atoms with Gasteiger partial charge in [-0.15, -0.1) is 0 Å². The van der Waals surface area contributed by atoms with E-state index in [0.717, 1.165) is 0 Å². The quantitative estimate of drug-likeness (QED) is 0.263. The number of carboxylic acid groups (broad SMARTS) is 1. The normalized spacial score (nSPS) is 17.0. The minimum Gasteiger partial charge on any atom is -0.489 e. The first-order chi connectivity index (χ1) is 20.1. The molecule has 3 N–H and O–H groups in total. The van der Waals surface area contributed by atoms with E-state index in [-0.39, 0.29) is 25.9 Å². The maximum Gasteiger partial charge on any atom is 0.326 e. The number of halogens is 2. The van der Waals surface area contributed by atoms with Crippen LogP contribution in [-0.4, -0.2) is 54.0 Å². The van der Waals surface area contributed by atoms with Gasteiger partial charge in [0.15, 0.2) is 12.2 Å². The molecule has 1 fully saturated rings. The van der Waals surface area contributed by atoms with Crippen LogP contribution in [-0.2, 0) is 36.9 Å². The van der Waals surface area contributed by atoms with Crippen molar-refractivity contribution in [3.05, 3.63) is 87.9 Å². The number of para-hydroxylation sites is 2. The van der Waals surface area contributed by atoms with Gasteiger partial charge in [-0.25, -0.2) is 4.79 Å². The van der Waals surface area contributed by atoms with Gasteiger partial charge in [-0.3, -0.25) is 9.59 Å². The van der Waals surface area contributed by atoms with Gasteiger partial charge < -0.3 is 34.7 Å². The summed E-state index contributed by atoms with van der Waals surface area (Å²) in [5.74, 6) is -1.69. The molecule has 3 atom stereocenters. The van der Waals surface area contributed by atoms with E-state index in [0.29, 0.717) is 38.4 Å². The summed E-state index contributed by atoms with van der Waals surface area (Å²) in [6.07, 6.45) is -2.80. The monoisotopic (exact) mass is 616 g/mol. The molecule has 4 rings (SSSR count). The molecule has 0 spiro atoms. The van der Waals surface area contributed by atoms with E-state index in [1.54, 1.807) is 66.7 Å². The van der Waals surface area contributed by atoms with Crippen LogP contribution in [0.4, 0.5) is 5.69 Å². The van der Waals surface area contributed by atoms with Gasteiger partial charge in [0, 0.05) is 22.0 Å². The minimum atomic E-state index is -1.35. The van der Waals surface area contributed by atoms with E-state index < -0.39 is 36.0 Å². The van der Waals surface area contributed by atoms with Crippen molar-refractivity contribution in [3.8, 4) is 11.5 Å². The zero-order valence-electron chi connectivity index (χ0n) is 22.8. The van der Waals surface area contributed by atoms with E-state index in [9.17, 15) is 19.5 Å². The lowest BCUT2D eigenvalue weighted by molar-refractivity contribution is -0.144. The first-order valence-electron chi connectivity index (χ1n) is 13.1. The maximum atomic E-state index is 13.0. The lowest BCUT2D eigenvalue weighted by Gasteiger charge is -2.21. The number of nitrogens with one attached hydrogen (secondary N) is 2. The number of anilines is 1. The molecule has 42 heavy (non-hydrogen) atoms. The molecule has 10 nitrogen and oxygen atoms in total. The zero-order chi connectivity index (χ0) is 30.2. The van der Waals surface area contributed by atoms with Gasteiger partial charge in [-0.1, -0.05) is 53.5 Å². The smallest absolute Gasteiger partial charge is 0.326 e. The summed E-state index contributed by atoms with van der Waals surface area (Å²) >= 11 is 12.4. The van der Waals surface area contributed by atoms with Crippen molar-refractivity contribution in [1.29, 1.82) is 0 Å². The Kier molecular flexibility index (Phi) is 10.6. The number of aliphatic carboxylic acids is 1. The summed E-state index contributed by atoms with van der Waals surface area (Å²) in [5.41, 5.74) is 1.68. The number of carbonyl (C=O) groups is 3. The van der Waals surface area contributed by atoms with Crippen LogP contribution in [0, 0.1) is 0 Å². The third-order valence-corrected chi connectivity index (χ3v) is 6.93. The summed E-state index contributed by atoms with van der Waals surface area (Å²) in [4.78, 5) is 38.0. The largest absolute Gasteiger partial charge is 0.489 e. The molecule has 0 saturated carbocycles. The molecule has 222 valence electrons. The number of rotatable bonds is 12. The average molecular weight is 617 g/mol. The molecule has 0 radical (unpaired) electrons. The first-order valence-corrected chi connectivity index (χ1v) is 13.9. The first kappa shape index (κ1) is 31.1. The number of hydrogen-bond donors (Lipinski definition) is 3. The minimum absolute atomic E-state index is 0.0257. The molecule has 1 aliphatic rings. The third kappa shape index (κ3) is 8.13. The molecule has 0 aromatic heterocycles. The fourth-order valence-electron chi connectivity index (χ4n) is 4.15. The Hall–Kier alpha value is -3.83. The number of benzene rings is 3. The molecule has 0 aliphatic carbocycles. The molecule has 2 amide bonds. The molecule has 1 aliphatic heterocycles.